The molecular weight excluding hydrogens is 344 g/mol. The molecule has 0 aromatic carbocycles. The lowest BCUT2D eigenvalue weighted by Crippen LogP contribution is -2.21. The van der Waals surface area contributed by atoms with E-state index < -0.39 is 10.9 Å². The van der Waals surface area contributed by atoms with E-state index in [0.717, 1.165) is 5.75 Å². The van der Waals surface area contributed by atoms with Crippen LogP contribution in [-0.2, 0) is 12.5 Å². The van der Waals surface area contributed by atoms with E-state index in [4.69, 9.17) is 12.5 Å². The molecule has 0 aliphatic rings. The number of rotatable bonds is 20. The first-order valence-electron chi connectivity index (χ1n) is 11.4. The van der Waals surface area contributed by atoms with Crippen molar-refractivity contribution in [3.8, 4) is 0 Å². The molecule has 0 saturated carbocycles. The highest BCUT2D eigenvalue weighted by molar-refractivity contribution is 8.21. The molecule has 4 heteroatoms. The summed E-state index contributed by atoms with van der Waals surface area (Å²) in [4.78, 5) is 0. The Kier molecular flexibility index (Phi) is 18.8. The minimum atomic E-state index is -1.82. The Morgan fingerprint density at radius 3 is 1.38 bits per heavy atom. The van der Waals surface area contributed by atoms with Crippen molar-refractivity contribution in [3.05, 3.63) is 0 Å². The smallest absolute Gasteiger partial charge is 0.0890 e. The van der Waals surface area contributed by atoms with Crippen molar-refractivity contribution in [3.63, 3.8) is 0 Å². The maximum absolute atomic E-state index is 5.98. The summed E-state index contributed by atoms with van der Waals surface area (Å²) in [5, 5.41) is 0. The average Bonchev–Trinajstić information content (AvgIpc) is 2.63. The molecular formula is C22H48O3S. The minimum Gasteiger partial charge on any atom is -0.293 e. The van der Waals surface area contributed by atoms with Crippen LogP contribution < -0.4 is 0 Å². The molecule has 3 nitrogen and oxygen atoms in total. The van der Waals surface area contributed by atoms with Crippen LogP contribution in [0.1, 0.15) is 112 Å². The van der Waals surface area contributed by atoms with E-state index >= 15 is 0 Å². The van der Waals surface area contributed by atoms with Gasteiger partial charge in [0.05, 0.1) is 30.7 Å². The van der Waals surface area contributed by atoms with Crippen molar-refractivity contribution in [1.29, 1.82) is 0 Å². The maximum atomic E-state index is 5.98. The lowest BCUT2D eigenvalue weighted by atomic mass is 9.99. The maximum Gasteiger partial charge on any atom is 0.0890 e. The van der Waals surface area contributed by atoms with E-state index in [0.29, 0.717) is 25.7 Å². The van der Waals surface area contributed by atoms with Crippen molar-refractivity contribution < 1.29 is 12.5 Å². The third-order valence-corrected chi connectivity index (χ3v) is 7.54. The van der Waals surface area contributed by atoms with Gasteiger partial charge in [0.15, 0.2) is 0 Å². The van der Waals surface area contributed by atoms with Gasteiger partial charge in [-0.3, -0.25) is 12.5 Å². The van der Waals surface area contributed by atoms with Crippen molar-refractivity contribution in [2.45, 2.75) is 112 Å². The van der Waals surface area contributed by atoms with Crippen LogP contribution in [0.15, 0.2) is 0 Å². The van der Waals surface area contributed by atoms with Gasteiger partial charge in [-0.05, 0) is 33.1 Å². The third kappa shape index (κ3) is 13.4. The Hall–Kier alpha value is 0.230. The van der Waals surface area contributed by atoms with Gasteiger partial charge in [-0.1, -0.05) is 84.5 Å². The largest absolute Gasteiger partial charge is 0.293 e. The van der Waals surface area contributed by atoms with Gasteiger partial charge in [-0.15, -0.1) is 0 Å². The minimum absolute atomic E-state index is 0.642. The molecule has 0 rings (SSSR count). The molecule has 0 aliphatic heterocycles. The summed E-state index contributed by atoms with van der Waals surface area (Å²) in [7, 11) is -1.82. The molecule has 0 aliphatic carbocycles. The van der Waals surface area contributed by atoms with E-state index in [2.05, 4.69) is 13.8 Å². The van der Waals surface area contributed by atoms with Crippen LogP contribution in [-0.4, -0.2) is 25.6 Å². The summed E-state index contributed by atoms with van der Waals surface area (Å²) in [5.41, 5.74) is 0. The van der Waals surface area contributed by atoms with Gasteiger partial charge < -0.3 is 0 Å². The second kappa shape index (κ2) is 18.6. The first kappa shape index (κ1) is 26.2. The normalized spacial score (nSPS) is 13.9. The van der Waals surface area contributed by atoms with Crippen molar-refractivity contribution >= 4 is 10.9 Å². The quantitative estimate of drug-likeness (QED) is 0.196. The fourth-order valence-corrected chi connectivity index (χ4v) is 5.95. The molecule has 1 atom stereocenters. The van der Waals surface area contributed by atoms with Crippen LogP contribution in [0.5, 0.6) is 0 Å². The molecule has 0 aromatic rings. The van der Waals surface area contributed by atoms with Crippen LogP contribution in [0.3, 0.4) is 0 Å². The fourth-order valence-electron chi connectivity index (χ4n) is 3.40. The second-order valence-electron chi connectivity index (χ2n) is 7.19. The van der Waals surface area contributed by atoms with Crippen molar-refractivity contribution in [1.82, 2.24) is 0 Å². The average molecular weight is 393 g/mol. The molecule has 0 amide bonds. The molecule has 160 valence electrons. The van der Waals surface area contributed by atoms with Gasteiger partial charge in [0.2, 0.25) is 0 Å². The zero-order valence-corrected chi connectivity index (χ0v) is 19.3. The van der Waals surface area contributed by atoms with Gasteiger partial charge >= 0.3 is 0 Å². The van der Waals surface area contributed by atoms with E-state index in [1.54, 1.807) is 0 Å². The SMILES string of the molecule is CCCCCCCCCCCCC(CC)CS(OCC)(OCC)OCC. The molecule has 0 fully saturated rings. The summed E-state index contributed by atoms with van der Waals surface area (Å²) in [6.45, 7) is 12.6. The standard InChI is InChI=1S/C22H48O3S/c1-6-11-12-13-14-15-16-17-18-19-20-22(7-2)21-26(23-8-3,24-9-4)25-10-5/h22H,6-21H2,1-5H3. The lowest BCUT2D eigenvalue weighted by molar-refractivity contribution is 0.181. The van der Waals surface area contributed by atoms with Crippen LogP contribution in [0.25, 0.3) is 0 Å². The number of hydrogen-bond acceptors (Lipinski definition) is 3. The van der Waals surface area contributed by atoms with Gasteiger partial charge in [0, 0.05) is 5.75 Å². The third-order valence-electron chi connectivity index (χ3n) is 4.88. The summed E-state index contributed by atoms with van der Waals surface area (Å²) < 4.78 is 17.9. The topological polar surface area (TPSA) is 27.7 Å². The molecule has 0 bridgehead atoms. The van der Waals surface area contributed by atoms with E-state index in [9.17, 15) is 0 Å². The molecule has 0 N–H and O–H groups in total. The number of hydrogen-bond donors (Lipinski definition) is 0. The highest BCUT2D eigenvalue weighted by Crippen LogP contribution is 2.53. The zero-order valence-electron chi connectivity index (χ0n) is 18.5. The Labute approximate surface area is 166 Å². The van der Waals surface area contributed by atoms with E-state index in [1.165, 1.54) is 77.0 Å². The molecule has 0 aromatic heterocycles. The molecule has 26 heavy (non-hydrogen) atoms. The van der Waals surface area contributed by atoms with E-state index in [-0.39, 0.29) is 0 Å². The first-order chi connectivity index (χ1) is 12.7. The molecule has 0 radical (unpaired) electrons. The second-order valence-corrected chi connectivity index (χ2v) is 9.34. The molecule has 0 saturated heterocycles. The van der Waals surface area contributed by atoms with Crippen LogP contribution in [0.2, 0.25) is 0 Å². The fraction of sp³-hybridized carbons (Fsp3) is 1.00. The van der Waals surface area contributed by atoms with E-state index in [1.807, 2.05) is 20.8 Å². The summed E-state index contributed by atoms with van der Waals surface area (Å²) >= 11 is 0. The Morgan fingerprint density at radius 1 is 0.577 bits per heavy atom. The first-order valence-corrected chi connectivity index (χ1v) is 13.0. The molecule has 0 spiro atoms. The van der Waals surface area contributed by atoms with Crippen LogP contribution in [0.4, 0.5) is 0 Å². The monoisotopic (exact) mass is 392 g/mol. The zero-order chi connectivity index (χ0) is 19.5. The Balaban J connectivity index is 4.01. The van der Waals surface area contributed by atoms with Crippen molar-refractivity contribution in [2.75, 3.05) is 25.6 Å². The highest BCUT2D eigenvalue weighted by atomic mass is 32.3. The van der Waals surface area contributed by atoms with Gasteiger partial charge in [0.25, 0.3) is 0 Å². The summed E-state index contributed by atoms with van der Waals surface area (Å²) in [5.74, 6) is 1.57. The number of unbranched alkanes of at least 4 members (excludes halogenated alkanes) is 9. The van der Waals surface area contributed by atoms with Gasteiger partial charge in [-0.25, -0.2) is 0 Å². The summed E-state index contributed by atoms with van der Waals surface area (Å²) in [6.07, 6.45) is 16.4. The highest BCUT2D eigenvalue weighted by Gasteiger charge is 2.29. The van der Waals surface area contributed by atoms with Crippen LogP contribution >= 0.6 is 10.9 Å². The molecule has 1 unspecified atom stereocenters. The Bertz CT molecular complexity index is 270. The Morgan fingerprint density at radius 2 is 1.00 bits per heavy atom. The van der Waals surface area contributed by atoms with Gasteiger partial charge in [0.1, 0.15) is 0 Å². The molecule has 0 heterocycles. The van der Waals surface area contributed by atoms with Crippen LogP contribution in [0, 0.1) is 5.92 Å². The predicted octanol–water partition coefficient (Wildman–Crippen LogP) is 7.98. The van der Waals surface area contributed by atoms with Crippen molar-refractivity contribution in [2.24, 2.45) is 5.92 Å². The summed E-state index contributed by atoms with van der Waals surface area (Å²) in [6, 6.07) is 0. The predicted molar refractivity (Wildman–Crippen MR) is 118 cm³/mol. The lowest BCUT2D eigenvalue weighted by Gasteiger charge is -2.39. The van der Waals surface area contributed by atoms with Gasteiger partial charge in [-0.2, -0.15) is 0 Å².